The first-order valence-corrected chi connectivity index (χ1v) is 6.21. The summed E-state index contributed by atoms with van der Waals surface area (Å²) < 4.78 is 9.51. The monoisotopic (exact) mass is 249 g/mol. The molecule has 17 heavy (non-hydrogen) atoms. The van der Waals surface area contributed by atoms with Gasteiger partial charge in [-0.25, -0.2) is 0 Å². The Hall–Kier alpha value is -1.62. The predicted molar refractivity (Wildman–Crippen MR) is 70.7 cm³/mol. The summed E-state index contributed by atoms with van der Waals surface area (Å²) in [4.78, 5) is 4.44. The van der Waals surface area contributed by atoms with E-state index in [0.29, 0.717) is 6.04 Å². The number of ether oxygens (including phenoxy) is 1. The van der Waals surface area contributed by atoms with Crippen LogP contribution in [0.5, 0.6) is 5.75 Å². The highest BCUT2D eigenvalue weighted by Gasteiger charge is 2.07. The van der Waals surface area contributed by atoms with Gasteiger partial charge < -0.3 is 10.1 Å². The van der Waals surface area contributed by atoms with Crippen molar-refractivity contribution in [2.24, 2.45) is 0 Å². The van der Waals surface area contributed by atoms with Gasteiger partial charge in [0.15, 0.2) is 5.82 Å². The molecular formula is C12H15N3OS. The highest BCUT2D eigenvalue weighted by molar-refractivity contribution is 7.09. The maximum atomic E-state index is 5.18. The minimum absolute atomic E-state index is 0.362. The lowest BCUT2D eigenvalue weighted by Gasteiger charge is -2.03. The van der Waals surface area contributed by atoms with Gasteiger partial charge >= 0.3 is 0 Å². The fourth-order valence-electron chi connectivity index (χ4n) is 1.41. The summed E-state index contributed by atoms with van der Waals surface area (Å²) in [6.45, 7) is 4.15. The molecule has 0 amide bonds. The standard InChI is InChI=1S/C12H15N3OS/c1-8(2)13-12-14-11(15-17-12)9-5-4-6-10(7-9)16-3/h4-8H,1-3H3,(H,13,14,15). The maximum Gasteiger partial charge on any atom is 0.203 e. The van der Waals surface area contributed by atoms with Crippen LogP contribution in [0.25, 0.3) is 11.4 Å². The zero-order valence-corrected chi connectivity index (χ0v) is 10.9. The van der Waals surface area contributed by atoms with Crippen LogP contribution in [-0.2, 0) is 0 Å². The van der Waals surface area contributed by atoms with Crippen molar-refractivity contribution in [1.29, 1.82) is 0 Å². The summed E-state index contributed by atoms with van der Waals surface area (Å²) in [5.74, 6) is 1.55. The van der Waals surface area contributed by atoms with Crippen LogP contribution in [0.2, 0.25) is 0 Å². The SMILES string of the molecule is COc1cccc(-c2nsc(NC(C)C)n2)c1. The first kappa shape index (κ1) is 11.9. The molecule has 0 fully saturated rings. The number of aromatic nitrogens is 2. The molecule has 0 aliphatic heterocycles. The molecule has 90 valence electrons. The van der Waals surface area contributed by atoms with E-state index in [0.717, 1.165) is 22.3 Å². The van der Waals surface area contributed by atoms with E-state index in [-0.39, 0.29) is 0 Å². The molecule has 5 heteroatoms. The van der Waals surface area contributed by atoms with Gasteiger partial charge in [0.05, 0.1) is 7.11 Å². The molecule has 1 N–H and O–H groups in total. The van der Waals surface area contributed by atoms with E-state index in [1.165, 1.54) is 11.5 Å². The van der Waals surface area contributed by atoms with Crippen molar-refractivity contribution in [3.05, 3.63) is 24.3 Å². The van der Waals surface area contributed by atoms with Crippen molar-refractivity contribution in [1.82, 2.24) is 9.36 Å². The zero-order chi connectivity index (χ0) is 12.3. The molecule has 0 aliphatic carbocycles. The molecule has 0 unspecified atom stereocenters. The van der Waals surface area contributed by atoms with Crippen molar-refractivity contribution >= 4 is 16.7 Å². The number of nitrogens with one attached hydrogen (secondary N) is 1. The van der Waals surface area contributed by atoms with Crippen molar-refractivity contribution in [2.45, 2.75) is 19.9 Å². The third-order valence-corrected chi connectivity index (χ3v) is 2.81. The summed E-state index contributed by atoms with van der Waals surface area (Å²) in [6, 6.07) is 8.11. The molecule has 0 radical (unpaired) electrons. The van der Waals surface area contributed by atoms with Gasteiger partial charge in [0.25, 0.3) is 0 Å². The van der Waals surface area contributed by atoms with E-state index in [9.17, 15) is 0 Å². The predicted octanol–water partition coefficient (Wildman–Crippen LogP) is 3.03. The van der Waals surface area contributed by atoms with Crippen LogP contribution in [0.4, 0.5) is 5.13 Å². The first-order chi connectivity index (χ1) is 8.19. The van der Waals surface area contributed by atoms with Gasteiger partial charge in [-0.1, -0.05) is 12.1 Å². The van der Waals surface area contributed by atoms with E-state index < -0.39 is 0 Å². The summed E-state index contributed by atoms with van der Waals surface area (Å²) in [5.41, 5.74) is 0.970. The van der Waals surface area contributed by atoms with Gasteiger partial charge in [0.2, 0.25) is 5.13 Å². The minimum Gasteiger partial charge on any atom is -0.497 e. The highest BCUT2D eigenvalue weighted by Crippen LogP contribution is 2.24. The molecule has 0 bridgehead atoms. The van der Waals surface area contributed by atoms with Crippen LogP contribution >= 0.6 is 11.5 Å². The molecule has 0 saturated carbocycles. The average molecular weight is 249 g/mol. The topological polar surface area (TPSA) is 47.0 Å². The zero-order valence-electron chi connectivity index (χ0n) is 10.1. The fraction of sp³-hybridized carbons (Fsp3) is 0.333. The van der Waals surface area contributed by atoms with Gasteiger partial charge in [-0.2, -0.15) is 9.36 Å². The molecule has 2 rings (SSSR count). The molecule has 1 aromatic carbocycles. The van der Waals surface area contributed by atoms with Crippen molar-refractivity contribution in [3.63, 3.8) is 0 Å². The lowest BCUT2D eigenvalue weighted by Crippen LogP contribution is -2.08. The highest BCUT2D eigenvalue weighted by atomic mass is 32.1. The van der Waals surface area contributed by atoms with Gasteiger partial charge in [-0.3, -0.25) is 0 Å². The van der Waals surface area contributed by atoms with E-state index in [1.807, 2.05) is 24.3 Å². The summed E-state index contributed by atoms with van der Waals surface area (Å²) in [5, 5.41) is 4.08. The Bertz CT molecular complexity index is 496. The van der Waals surface area contributed by atoms with Gasteiger partial charge in [0, 0.05) is 23.1 Å². The summed E-state index contributed by atoms with van der Waals surface area (Å²) in [7, 11) is 1.65. The van der Waals surface area contributed by atoms with Crippen LogP contribution in [0.15, 0.2) is 24.3 Å². The summed E-state index contributed by atoms with van der Waals surface area (Å²) in [6.07, 6.45) is 0. The number of hydrogen-bond donors (Lipinski definition) is 1. The van der Waals surface area contributed by atoms with E-state index in [2.05, 4.69) is 28.5 Å². The van der Waals surface area contributed by atoms with Crippen molar-refractivity contribution in [3.8, 4) is 17.1 Å². The maximum absolute atomic E-state index is 5.18. The lowest BCUT2D eigenvalue weighted by atomic mass is 10.2. The van der Waals surface area contributed by atoms with Gasteiger partial charge in [-0.05, 0) is 26.0 Å². The van der Waals surface area contributed by atoms with Gasteiger partial charge in [-0.15, -0.1) is 0 Å². The largest absolute Gasteiger partial charge is 0.497 e. The average Bonchev–Trinajstić information content (AvgIpc) is 2.77. The Morgan fingerprint density at radius 3 is 2.88 bits per heavy atom. The fourth-order valence-corrected chi connectivity index (χ4v) is 2.14. The summed E-state index contributed by atoms with van der Waals surface area (Å²) >= 11 is 1.37. The minimum atomic E-state index is 0.362. The molecule has 0 saturated heterocycles. The lowest BCUT2D eigenvalue weighted by molar-refractivity contribution is 0.415. The van der Waals surface area contributed by atoms with Crippen LogP contribution in [0.1, 0.15) is 13.8 Å². The van der Waals surface area contributed by atoms with E-state index in [1.54, 1.807) is 7.11 Å². The Balaban J connectivity index is 2.24. The van der Waals surface area contributed by atoms with E-state index >= 15 is 0 Å². The molecule has 0 aliphatic rings. The first-order valence-electron chi connectivity index (χ1n) is 5.43. The van der Waals surface area contributed by atoms with Crippen LogP contribution in [0.3, 0.4) is 0 Å². The van der Waals surface area contributed by atoms with Crippen molar-refractivity contribution < 1.29 is 4.74 Å². The van der Waals surface area contributed by atoms with Crippen molar-refractivity contribution in [2.75, 3.05) is 12.4 Å². The number of benzene rings is 1. The second kappa shape index (κ2) is 5.14. The number of hydrogen-bond acceptors (Lipinski definition) is 5. The third-order valence-electron chi connectivity index (χ3n) is 2.17. The second-order valence-corrected chi connectivity index (χ2v) is 4.71. The van der Waals surface area contributed by atoms with Crippen LogP contribution < -0.4 is 10.1 Å². The second-order valence-electron chi connectivity index (χ2n) is 3.95. The van der Waals surface area contributed by atoms with Crippen LogP contribution in [0, 0.1) is 0 Å². The quantitative estimate of drug-likeness (QED) is 0.904. The molecular weight excluding hydrogens is 234 g/mol. The van der Waals surface area contributed by atoms with E-state index in [4.69, 9.17) is 4.74 Å². The number of rotatable bonds is 4. The number of anilines is 1. The Morgan fingerprint density at radius 1 is 1.35 bits per heavy atom. The van der Waals surface area contributed by atoms with Crippen LogP contribution in [-0.4, -0.2) is 22.5 Å². The number of nitrogens with zero attached hydrogens (tertiary/aromatic N) is 2. The third kappa shape index (κ3) is 2.94. The molecule has 2 aromatic rings. The molecule has 1 aromatic heterocycles. The Morgan fingerprint density at radius 2 is 2.18 bits per heavy atom. The smallest absolute Gasteiger partial charge is 0.203 e. The molecule has 0 spiro atoms. The normalized spacial score (nSPS) is 10.6. The molecule has 0 atom stereocenters. The molecule has 1 heterocycles. The molecule has 4 nitrogen and oxygen atoms in total. The Labute approximate surface area is 105 Å². The number of methoxy groups -OCH3 is 1. The Kier molecular flexibility index (Phi) is 3.58. The van der Waals surface area contributed by atoms with Gasteiger partial charge in [0.1, 0.15) is 5.75 Å².